The lowest BCUT2D eigenvalue weighted by atomic mass is 10.1. The second kappa shape index (κ2) is 8.29. The van der Waals surface area contributed by atoms with Gasteiger partial charge in [-0.15, -0.1) is 0 Å². The second-order valence-corrected chi connectivity index (χ2v) is 6.08. The van der Waals surface area contributed by atoms with Crippen molar-refractivity contribution < 1.29 is 14.4 Å². The van der Waals surface area contributed by atoms with Gasteiger partial charge in [0.15, 0.2) is 5.78 Å². The van der Waals surface area contributed by atoms with Crippen LogP contribution >= 0.6 is 11.8 Å². The Morgan fingerprint density at radius 3 is 2.61 bits per heavy atom. The average molecular weight is 334 g/mol. The number of aromatic nitrogens is 1. The van der Waals surface area contributed by atoms with Gasteiger partial charge in [-0.25, -0.2) is 9.78 Å². The van der Waals surface area contributed by atoms with Crippen LogP contribution in [0.1, 0.15) is 42.4 Å². The van der Waals surface area contributed by atoms with E-state index in [1.807, 2.05) is 6.07 Å². The number of carbonyl (C=O) groups is 3. The zero-order chi connectivity index (χ0) is 17.6. The number of aryl methyl sites for hydroxylation is 1. The molecule has 0 bridgehead atoms. The predicted molar refractivity (Wildman–Crippen MR) is 86.2 cm³/mol. The van der Waals surface area contributed by atoms with Crippen LogP contribution in [0.5, 0.6) is 0 Å². The van der Waals surface area contributed by atoms with Crippen molar-refractivity contribution in [1.82, 2.24) is 15.6 Å². The molecule has 1 atom stereocenters. The van der Waals surface area contributed by atoms with E-state index in [9.17, 15) is 19.6 Å². The number of ketones is 1. The van der Waals surface area contributed by atoms with Crippen LogP contribution in [-0.4, -0.2) is 34.5 Å². The molecule has 3 amide bonds. The molecule has 122 valence electrons. The molecule has 0 aliphatic rings. The summed E-state index contributed by atoms with van der Waals surface area (Å²) in [4.78, 5) is 39.0. The lowest BCUT2D eigenvalue weighted by Crippen LogP contribution is -2.42. The highest BCUT2D eigenvalue weighted by molar-refractivity contribution is 8.00. The van der Waals surface area contributed by atoms with E-state index in [2.05, 4.69) is 15.6 Å². The number of urea groups is 1. The number of carbonyl (C=O) groups excluding carboxylic acids is 3. The number of Topliss-reactive ketones (excluding diaryl/α,β-unsaturated/α-hetero) is 1. The lowest BCUT2D eigenvalue weighted by Gasteiger charge is -2.13. The Morgan fingerprint density at radius 2 is 2.09 bits per heavy atom. The fourth-order valence-corrected chi connectivity index (χ4v) is 2.67. The molecule has 0 aliphatic heterocycles. The molecule has 8 heteroatoms. The quantitative estimate of drug-likeness (QED) is 0.627. The molecular weight excluding hydrogens is 316 g/mol. The maximum atomic E-state index is 11.9. The summed E-state index contributed by atoms with van der Waals surface area (Å²) in [5.41, 5.74) is 1.10. The number of nitrogens with one attached hydrogen (secondary N) is 2. The van der Waals surface area contributed by atoms with E-state index >= 15 is 0 Å². The summed E-state index contributed by atoms with van der Waals surface area (Å²) in [6.45, 7) is 6.83. The number of pyridine rings is 1. The van der Waals surface area contributed by atoms with Gasteiger partial charge in [0.2, 0.25) is 5.91 Å². The largest absolute Gasteiger partial charge is 0.338 e. The molecule has 0 aromatic carbocycles. The van der Waals surface area contributed by atoms with Crippen LogP contribution in [0.15, 0.2) is 11.1 Å². The van der Waals surface area contributed by atoms with E-state index in [-0.39, 0.29) is 11.3 Å². The number of thioether (sulfide) groups is 1. The first-order valence-electron chi connectivity index (χ1n) is 6.98. The van der Waals surface area contributed by atoms with E-state index in [1.54, 1.807) is 20.8 Å². The Balaban J connectivity index is 2.94. The molecule has 0 radical (unpaired) electrons. The Kier molecular flexibility index (Phi) is 6.72. The summed E-state index contributed by atoms with van der Waals surface area (Å²) in [6.07, 6.45) is 0. The minimum Gasteiger partial charge on any atom is -0.338 e. The highest BCUT2D eigenvalue weighted by atomic mass is 32.2. The SMILES string of the molecule is CCNC(=O)NC(=O)C(C)Sc1nc(C)c(C(C)=O)cc1C#N. The van der Waals surface area contributed by atoms with Gasteiger partial charge < -0.3 is 5.32 Å². The van der Waals surface area contributed by atoms with Crippen LogP contribution in [0.3, 0.4) is 0 Å². The van der Waals surface area contributed by atoms with Gasteiger partial charge in [0.1, 0.15) is 11.1 Å². The van der Waals surface area contributed by atoms with Crippen LogP contribution in [0.4, 0.5) is 4.79 Å². The average Bonchev–Trinajstić information content (AvgIpc) is 2.47. The molecule has 0 spiro atoms. The van der Waals surface area contributed by atoms with Gasteiger partial charge in [-0.2, -0.15) is 5.26 Å². The zero-order valence-electron chi connectivity index (χ0n) is 13.4. The molecule has 7 nitrogen and oxygen atoms in total. The molecule has 1 aromatic heterocycles. The first kappa shape index (κ1) is 18.6. The highest BCUT2D eigenvalue weighted by Crippen LogP contribution is 2.26. The molecule has 1 heterocycles. The summed E-state index contributed by atoms with van der Waals surface area (Å²) in [7, 11) is 0. The highest BCUT2D eigenvalue weighted by Gasteiger charge is 2.20. The monoisotopic (exact) mass is 334 g/mol. The van der Waals surface area contributed by atoms with Gasteiger partial charge in [-0.3, -0.25) is 14.9 Å². The fourth-order valence-electron chi connectivity index (χ4n) is 1.75. The van der Waals surface area contributed by atoms with E-state index in [0.29, 0.717) is 22.8 Å². The van der Waals surface area contributed by atoms with Crippen molar-refractivity contribution in [1.29, 1.82) is 5.26 Å². The Bertz CT molecular complexity index is 682. The van der Waals surface area contributed by atoms with Gasteiger partial charge in [0, 0.05) is 17.8 Å². The molecule has 1 rings (SSSR count). The van der Waals surface area contributed by atoms with Crippen LogP contribution in [0, 0.1) is 18.3 Å². The standard InChI is InChI=1S/C15H18N4O3S/c1-5-17-15(22)19-13(21)10(4)23-14-11(7-16)6-12(9(3)20)8(2)18-14/h6,10H,5H2,1-4H3,(H2,17,19,21,22). The first-order chi connectivity index (χ1) is 10.8. The molecule has 23 heavy (non-hydrogen) atoms. The zero-order valence-corrected chi connectivity index (χ0v) is 14.2. The molecule has 0 aliphatic carbocycles. The lowest BCUT2D eigenvalue weighted by molar-refractivity contribution is -0.119. The molecule has 0 saturated carbocycles. The number of hydrogen-bond donors (Lipinski definition) is 2. The third-order valence-corrected chi connectivity index (χ3v) is 4.01. The Hall–Kier alpha value is -2.40. The third kappa shape index (κ3) is 5.07. The normalized spacial score (nSPS) is 11.3. The van der Waals surface area contributed by atoms with Crippen LogP contribution in [-0.2, 0) is 4.79 Å². The van der Waals surface area contributed by atoms with Crippen LogP contribution < -0.4 is 10.6 Å². The van der Waals surface area contributed by atoms with E-state index in [4.69, 9.17) is 0 Å². The van der Waals surface area contributed by atoms with E-state index in [1.165, 1.54) is 13.0 Å². The number of amides is 3. The third-order valence-electron chi connectivity index (χ3n) is 2.91. The van der Waals surface area contributed by atoms with Gasteiger partial charge in [0.05, 0.1) is 10.8 Å². The Labute approximate surface area is 138 Å². The first-order valence-corrected chi connectivity index (χ1v) is 7.86. The van der Waals surface area contributed by atoms with Crippen molar-refractivity contribution in [2.24, 2.45) is 0 Å². The van der Waals surface area contributed by atoms with Crippen molar-refractivity contribution in [2.45, 2.75) is 38.0 Å². The second-order valence-electron chi connectivity index (χ2n) is 4.75. The molecule has 1 unspecified atom stereocenters. The van der Waals surface area contributed by atoms with E-state index < -0.39 is 17.2 Å². The molecule has 2 N–H and O–H groups in total. The molecule has 0 saturated heterocycles. The molecule has 0 fully saturated rings. The smallest absolute Gasteiger partial charge is 0.321 e. The number of imide groups is 1. The number of nitrogens with zero attached hydrogens (tertiary/aromatic N) is 2. The topological polar surface area (TPSA) is 112 Å². The number of rotatable bonds is 5. The van der Waals surface area contributed by atoms with Gasteiger partial charge in [0.25, 0.3) is 0 Å². The van der Waals surface area contributed by atoms with Gasteiger partial charge in [-0.1, -0.05) is 11.8 Å². The fraction of sp³-hybridized carbons (Fsp3) is 0.400. The maximum absolute atomic E-state index is 11.9. The number of hydrogen-bond acceptors (Lipinski definition) is 6. The minimum atomic E-state index is -0.625. The van der Waals surface area contributed by atoms with Crippen LogP contribution in [0.2, 0.25) is 0 Å². The van der Waals surface area contributed by atoms with Gasteiger partial charge in [-0.05, 0) is 33.8 Å². The van der Waals surface area contributed by atoms with Crippen LogP contribution in [0.25, 0.3) is 0 Å². The predicted octanol–water partition coefficient (Wildman–Crippen LogP) is 1.79. The summed E-state index contributed by atoms with van der Waals surface area (Å²) < 4.78 is 0. The maximum Gasteiger partial charge on any atom is 0.321 e. The van der Waals surface area contributed by atoms with Crippen molar-refractivity contribution in [3.63, 3.8) is 0 Å². The summed E-state index contributed by atoms with van der Waals surface area (Å²) in [5, 5.41) is 13.6. The van der Waals surface area contributed by atoms with Crippen molar-refractivity contribution in [3.05, 3.63) is 22.9 Å². The van der Waals surface area contributed by atoms with E-state index in [0.717, 1.165) is 11.8 Å². The minimum absolute atomic E-state index is 0.176. The number of nitriles is 1. The van der Waals surface area contributed by atoms with Gasteiger partial charge >= 0.3 is 6.03 Å². The summed E-state index contributed by atoms with van der Waals surface area (Å²) in [6, 6.07) is 2.88. The van der Waals surface area contributed by atoms with Crippen molar-refractivity contribution >= 4 is 29.5 Å². The molecular formula is C15H18N4O3S. The van der Waals surface area contributed by atoms with Crippen molar-refractivity contribution in [3.8, 4) is 6.07 Å². The Morgan fingerprint density at radius 1 is 1.43 bits per heavy atom. The summed E-state index contributed by atoms with van der Waals surface area (Å²) >= 11 is 1.06. The van der Waals surface area contributed by atoms with Crippen molar-refractivity contribution in [2.75, 3.05) is 6.54 Å². The molecule has 1 aromatic rings. The summed E-state index contributed by atoms with van der Waals surface area (Å²) in [5.74, 6) is -0.662.